The molecule has 4 amide bonds. The van der Waals surface area contributed by atoms with Gasteiger partial charge in [-0.05, 0) is 40.0 Å². The number of hydrogen-bond acceptors (Lipinski definition) is 11. The van der Waals surface area contributed by atoms with Crippen LogP contribution in [-0.4, -0.2) is 104 Å². The topological polar surface area (TPSA) is 153 Å². The molecule has 222 valence electrons. The first-order valence-corrected chi connectivity index (χ1v) is 13.6. The second kappa shape index (κ2) is 15.1. The van der Waals surface area contributed by atoms with Crippen molar-refractivity contribution in [2.75, 3.05) is 46.7 Å². The lowest BCUT2D eigenvalue weighted by Crippen LogP contribution is -2.58. The van der Waals surface area contributed by atoms with Gasteiger partial charge in [0.15, 0.2) is 12.3 Å². The van der Waals surface area contributed by atoms with Gasteiger partial charge in [-0.3, -0.25) is 18.6 Å². The van der Waals surface area contributed by atoms with Gasteiger partial charge in [0.2, 0.25) is 12.7 Å². The Hall–Kier alpha value is -2.78. The second-order valence-corrected chi connectivity index (χ2v) is 10.7. The fourth-order valence-electron chi connectivity index (χ4n) is 3.73. The van der Waals surface area contributed by atoms with Crippen LogP contribution in [0.2, 0.25) is 0 Å². The van der Waals surface area contributed by atoms with Crippen molar-refractivity contribution in [3.63, 3.8) is 0 Å². The van der Waals surface area contributed by atoms with Crippen LogP contribution in [-0.2, 0) is 37.1 Å². The molecule has 2 fully saturated rings. The van der Waals surface area contributed by atoms with Crippen molar-refractivity contribution < 1.29 is 46.7 Å². The minimum atomic E-state index is -0.878. The number of esters is 2. The van der Waals surface area contributed by atoms with Gasteiger partial charge >= 0.3 is 24.1 Å². The van der Waals surface area contributed by atoms with E-state index < -0.39 is 42.3 Å². The van der Waals surface area contributed by atoms with E-state index in [4.69, 9.17) is 22.7 Å². The van der Waals surface area contributed by atoms with Crippen molar-refractivity contribution in [1.82, 2.24) is 20.2 Å². The van der Waals surface area contributed by atoms with E-state index in [9.17, 15) is 24.0 Å². The molecule has 15 heteroatoms. The van der Waals surface area contributed by atoms with Crippen LogP contribution in [0.5, 0.6) is 0 Å². The summed E-state index contributed by atoms with van der Waals surface area (Å²) in [5, 5.41) is 4.05. The first kappa shape index (κ1) is 32.4. The van der Waals surface area contributed by atoms with Crippen molar-refractivity contribution in [3.8, 4) is 0 Å². The molecule has 0 aromatic carbocycles. The van der Waals surface area contributed by atoms with Crippen LogP contribution in [0.1, 0.15) is 53.9 Å². The molecule has 0 aliphatic carbocycles. The van der Waals surface area contributed by atoms with E-state index in [1.165, 1.54) is 16.8 Å². The molecular formula is C24H40N4O10S. The van der Waals surface area contributed by atoms with Gasteiger partial charge in [0, 0.05) is 26.2 Å². The average Bonchev–Trinajstić information content (AvgIpc) is 2.89. The highest BCUT2D eigenvalue weighted by atomic mass is 32.2. The Bertz CT molecular complexity index is 879. The summed E-state index contributed by atoms with van der Waals surface area (Å²) in [4.78, 5) is 63.9. The second-order valence-electron chi connectivity index (χ2n) is 10.2. The zero-order valence-electron chi connectivity index (χ0n) is 23.4. The van der Waals surface area contributed by atoms with Crippen molar-refractivity contribution in [2.24, 2.45) is 11.3 Å². The molecule has 2 heterocycles. The van der Waals surface area contributed by atoms with Crippen LogP contribution in [0.3, 0.4) is 0 Å². The highest BCUT2D eigenvalue weighted by molar-refractivity contribution is 7.89. The smallest absolute Gasteiger partial charge is 0.412 e. The highest BCUT2D eigenvalue weighted by Crippen LogP contribution is 2.24. The molecule has 1 N–H and O–H groups in total. The van der Waals surface area contributed by atoms with Gasteiger partial charge in [-0.2, -0.15) is 9.35 Å². The SMILES string of the molecule is CCOC(=O)C(C)(C)COSON1CC[C@@H](C(=O)NC2CCN(C(=O)OCOC(=O)C(C)C)CC2)N(C)C1=O. The minimum Gasteiger partial charge on any atom is -0.466 e. The van der Waals surface area contributed by atoms with E-state index in [2.05, 4.69) is 5.32 Å². The Morgan fingerprint density at radius 3 is 2.33 bits per heavy atom. The van der Waals surface area contributed by atoms with Crippen molar-refractivity contribution in [2.45, 2.75) is 66.0 Å². The normalized spacial score (nSPS) is 18.7. The number of carbonyl (C=O) groups is 5. The van der Waals surface area contributed by atoms with E-state index >= 15 is 0 Å². The fraction of sp³-hybridized carbons (Fsp3) is 0.792. The molecule has 39 heavy (non-hydrogen) atoms. The summed E-state index contributed by atoms with van der Waals surface area (Å²) >= 11 is 0.579. The molecule has 0 aromatic rings. The molecular weight excluding hydrogens is 536 g/mol. The molecule has 2 aliphatic rings. The number of hydroxylamine groups is 2. The standard InChI is InChI=1S/C24H40N4O10S/c1-7-34-21(31)24(4,5)14-37-39-38-28-13-10-18(26(6)22(28)32)19(29)25-17-8-11-27(12-9-17)23(33)36-15-35-20(30)16(2)3/h16-18H,7-15H2,1-6H3,(H,25,29)/t18-/m0/s1. The average molecular weight is 577 g/mol. The molecule has 1 atom stereocenters. The van der Waals surface area contributed by atoms with E-state index in [0.29, 0.717) is 44.7 Å². The number of likely N-dealkylation sites (N-methyl/N-ethyl adjacent to an activating group) is 1. The molecule has 0 bridgehead atoms. The van der Waals surface area contributed by atoms with Crippen LogP contribution in [0.15, 0.2) is 0 Å². The number of nitrogens with zero attached hydrogens (tertiary/aromatic N) is 3. The number of nitrogens with one attached hydrogen (secondary N) is 1. The number of rotatable bonds is 12. The predicted molar refractivity (Wildman–Crippen MR) is 138 cm³/mol. The van der Waals surface area contributed by atoms with Crippen LogP contribution in [0.25, 0.3) is 0 Å². The lowest BCUT2D eigenvalue weighted by Gasteiger charge is -2.38. The number of urea groups is 1. The van der Waals surface area contributed by atoms with Crippen molar-refractivity contribution in [3.05, 3.63) is 0 Å². The first-order chi connectivity index (χ1) is 18.4. The Morgan fingerprint density at radius 1 is 1.05 bits per heavy atom. The van der Waals surface area contributed by atoms with E-state index in [1.54, 1.807) is 34.6 Å². The number of ether oxygens (including phenoxy) is 3. The maximum atomic E-state index is 12.9. The number of likely N-dealkylation sites (tertiary alicyclic amines) is 1. The molecule has 0 saturated carbocycles. The molecule has 14 nitrogen and oxygen atoms in total. The quantitative estimate of drug-likeness (QED) is 0.157. The third-order valence-corrected chi connectivity index (χ3v) is 6.72. The Morgan fingerprint density at radius 2 is 1.72 bits per heavy atom. The van der Waals surface area contributed by atoms with Crippen LogP contribution >= 0.6 is 12.3 Å². The molecule has 0 aromatic heterocycles. The third-order valence-electron chi connectivity index (χ3n) is 6.26. The maximum absolute atomic E-state index is 12.9. The lowest BCUT2D eigenvalue weighted by molar-refractivity contribution is -0.156. The zero-order chi connectivity index (χ0) is 29.2. The summed E-state index contributed by atoms with van der Waals surface area (Å²) in [6.07, 6.45) is 0.786. The van der Waals surface area contributed by atoms with Crippen LogP contribution in [0, 0.1) is 11.3 Å². The number of carbonyl (C=O) groups excluding carboxylic acids is 5. The zero-order valence-corrected chi connectivity index (χ0v) is 24.2. The summed E-state index contributed by atoms with van der Waals surface area (Å²) < 4.78 is 25.5. The molecule has 0 unspecified atom stereocenters. The minimum absolute atomic E-state index is 0.0154. The highest BCUT2D eigenvalue weighted by Gasteiger charge is 2.38. The largest absolute Gasteiger partial charge is 0.466 e. The Balaban J connectivity index is 1.70. The van der Waals surface area contributed by atoms with Gasteiger partial charge in [0.05, 0.1) is 31.1 Å². The van der Waals surface area contributed by atoms with Crippen molar-refractivity contribution in [1.29, 1.82) is 0 Å². The summed E-state index contributed by atoms with van der Waals surface area (Å²) in [6.45, 7) is 9.19. The molecule has 2 rings (SSSR count). The molecule has 2 saturated heterocycles. The fourth-order valence-corrected chi connectivity index (χ4v) is 4.33. The van der Waals surface area contributed by atoms with Crippen molar-refractivity contribution >= 4 is 42.3 Å². The van der Waals surface area contributed by atoms with Gasteiger partial charge in [-0.1, -0.05) is 13.8 Å². The summed E-state index contributed by atoms with van der Waals surface area (Å²) in [6, 6.07) is -1.34. The lowest BCUT2D eigenvalue weighted by atomic mass is 9.95. The Labute approximate surface area is 233 Å². The first-order valence-electron chi connectivity index (χ1n) is 12.9. The number of hydrogen-bond donors (Lipinski definition) is 1. The van der Waals surface area contributed by atoms with E-state index in [-0.39, 0.29) is 37.6 Å². The Kier molecular flexibility index (Phi) is 12.6. The molecule has 2 aliphatic heterocycles. The summed E-state index contributed by atoms with van der Waals surface area (Å²) in [5.41, 5.74) is -0.878. The van der Waals surface area contributed by atoms with Gasteiger partial charge in [0.1, 0.15) is 6.04 Å². The van der Waals surface area contributed by atoms with Crippen LogP contribution in [0.4, 0.5) is 9.59 Å². The van der Waals surface area contributed by atoms with Gasteiger partial charge in [-0.25, -0.2) is 9.59 Å². The monoisotopic (exact) mass is 576 g/mol. The summed E-state index contributed by atoms with van der Waals surface area (Å²) in [7, 11) is 1.52. The van der Waals surface area contributed by atoms with Gasteiger partial charge < -0.3 is 29.3 Å². The maximum Gasteiger partial charge on any atom is 0.412 e. The van der Waals surface area contributed by atoms with E-state index in [1.807, 2.05) is 0 Å². The third kappa shape index (κ3) is 9.72. The summed E-state index contributed by atoms with van der Waals surface area (Å²) in [5.74, 6) is -1.45. The van der Waals surface area contributed by atoms with Gasteiger partial charge in [0.25, 0.3) is 0 Å². The van der Waals surface area contributed by atoms with E-state index in [0.717, 1.165) is 5.06 Å². The van der Waals surface area contributed by atoms with Crippen LogP contribution < -0.4 is 5.32 Å². The molecule has 0 radical (unpaired) electrons. The number of amides is 4. The number of piperidine rings is 1. The predicted octanol–water partition coefficient (Wildman–Crippen LogP) is 2.09. The van der Waals surface area contributed by atoms with Gasteiger partial charge in [-0.15, -0.1) is 0 Å². The molecule has 0 spiro atoms.